The van der Waals surface area contributed by atoms with E-state index in [1.807, 2.05) is 38.1 Å². The number of piperidine rings is 1. The lowest BCUT2D eigenvalue weighted by atomic mass is 9.96. The topological polar surface area (TPSA) is 101 Å². The van der Waals surface area contributed by atoms with E-state index in [0.717, 1.165) is 11.3 Å². The molecule has 0 saturated carbocycles. The van der Waals surface area contributed by atoms with Gasteiger partial charge in [-0.05, 0) is 57.7 Å². The highest BCUT2D eigenvalue weighted by Crippen LogP contribution is 2.28. The van der Waals surface area contributed by atoms with Gasteiger partial charge in [-0.15, -0.1) is 0 Å². The summed E-state index contributed by atoms with van der Waals surface area (Å²) in [5.74, 6) is 0.722. The Morgan fingerprint density at radius 2 is 1.81 bits per heavy atom. The third-order valence-electron chi connectivity index (χ3n) is 5.17. The van der Waals surface area contributed by atoms with E-state index < -0.39 is 0 Å². The van der Waals surface area contributed by atoms with Crippen LogP contribution in [-0.2, 0) is 20.7 Å². The summed E-state index contributed by atoms with van der Waals surface area (Å²) in [6.45, 7) is 8.54. The Bertz CT molecular complexity index is 839. The molecule has 0 bridgehead atoms. The summed E-state index contributed by atoms with van der Waals surface area (Å²) in [4.78, 5) is 26.1. The van der Waals surface area contributed by atoms with Gasteiger partial charge >= 0.3 is 5.97 Å². The molecule has 0 aliphatic carbocycles. The van der Waals surface area contributed by atoms with Crippen molar-refractivity contribution >= 4 is 11.9 Å². The van der Waals surface area contributed by atoms with Crippen molar-refractivity contribution in [1.82, 2.24) is 10.2 Å². The van der Waals surface area contributed by atoms with Crippen LogP contribution in [0.1, 0.15) is 39.2 Å². The van der Waals surface area contributed by atoms with Crippen molar-refractivity contribution in [2.75, 3.05) is 39.5 Å². The van der Waals surface area contributed by atoms with E-state index in [1.165, 1.54) is 6.20 Å². The number of ether oxygens (including phenoxy) is 3. The van der Waals surface area contributed by atoms with Crippen LogP contribution in [0.4, 0.5) is 0 Å². The van der Waals surface area contributed by atoms with E-state index in [1.54, 1.807) is 11.8 Å². The van der Waals surface area contributed by atoms with Crippen LogP contribution in [0.2, 0.25) is 0 Å². The van der Waals surface area contributed by atoms with Gasteiger partial charge in [0, 0.05) is 25.8 Å². The molecule has 174 valence electrons. The number of benzene rings is 1. The number of nitrogens with zero attached hydrogens (tertiary/aromatic N) is 2. The third kappa shape index (κ3) is 7.19. The SMILES string of the molecule is CCOC(=O)C1CCN(C(=O)/C(C#N)=C\NCCc2ccc(OCC)c(OCC)c2)CC1. The number of hydrogen-bond acceptors (Lipinski definition) is 7. The molecule has 0 spiro atoms. The number of nitrogens with one attached hydrogen (secondary N) is 1. The molecule has 1 aromatic rings. The summed E-state index contributed by atoms with van der Waals surface area (Å²) < 4.78 is 16.3. The fourth-order valence-corrected chi connectivity index (χ4v) is 3.53. The quantitative estimate of drug-likeness (QED) is 0.243. The number of rotatable bonds is 11. The lowest BCUT2D eigenvalue weighted by Gasteiger charge is -2.30. The number of esters is 1. The molecule has 1 heterocycles. The first-order chi connectivity index (χ1) is 15.5. The van der Waals surface area contributed by atoms with Gasteiger partial charge in [0.15, 0.2) is 11.5 Å². The van der Waals surface area contributed by atoms with E-state index in [-0.39, 0.29) is 23.4 Å². The van der Waals surface area contributed by atoms with Gasteiger partial charge in [-0.25, -0.2) is 0 Å². The number of nitriles is 1. The minimum atomic E-state index is -0.318. The molecule has 0 radical (unpaired) electrons. The van der Waals surface area contributed by atoms with Crippen molar-refractivity contribution in [3.63, 3.8) is 0 Å². The highest BCUT2D eigenvalue weighted by molar-refractivity contribution is 5.97. The fourth-order valence-electron chi connectivity index (χ4n) is 3.53. The van der Waals surface area contributed by atoms with Crippen molar-refractivity contribution in [1.29, 1.82) is 5.26 Å². The molecule has 1 fully saturated rings. The Balaban J connectivity index is 1.87. The lowest BCUT2D eigenvalue weighted by Crippen LogP contribution is -2.41. The summed E-state index contributed by atoms with van der Waals surface area (Å²) in [5, 5.41) is 12.5. The summed E-state index contributed by atoms with van der Waals surface area (Å²) >= 11 is 0. The number of amides is 1. The first kappa shape index (κ1) is 25.1. The van der Waals surface area contributed by atoms with Crippen LogP contribution in [0.15, 0.2) is 30.0 Å². The average Bonchev–Trinajstić information content (AvgIpc) is 2.81. The average molecular weight is 444 g/mol. The van der Waals surface area contributed by atoms with Crippen LogP contribution in [0.5, 0.6) is 11.5 Å². The van der Waals surface area contributed by atoms with Crippen molar-refractivity contribution in [2.24, 2.45) is 5.92 Å². The van der Waals surface area contributed by atoms with Gasteiger partial charge in [0.1, 0.15) is 11.6 Å². The summed E-state index contributed by atoms with van der Waals surface area (Å²) in [5.41, 5.74) is 1.12. The van der Waals surface area contributed by atoms with Gasteiger partial charge < -0.3 is 24.4 Å². The van der Waals surface area contributed by atoms with E-state index >= 15 is 0 Å². The molecule has 8 nitrogen and oxygen atoms in total. The first-order valence-electron chi connectivity index (χ1n) is 11.2. The monoisotopic (exact) mass is 443 g/mol. The molecule has 1 saturated heterocycles. The van der Waals surface area contributed by atoms with Gasteiger partial charge in [-0.1, -0.05) is 6.07 Å². The minimum absolute atomic E-state index is 0.0567. The van der Waals surface area contributed by atoms with E-state index in [9.17, 15) is 14.9 Å². The molecular weight excluding hydrogens is 410 g/mol. The molecule has 1 N–H and O–H groups in total. The second-order valence-electron chi connectivity index (χ2n) is 7.34. The zero-order chi connectivity index (χ0) is 23.3. The largest absolute Gasteiger partial charge is 0.490 e. The van der Waals surface area contributed by atoms with Crippen molar-refractivity contribution in [2.45, 2.75) is 40.0 Å². The van der Waals surface area contributed by atoms with Gasteiger partial charge in [0.25, 0.3) is 5.91 Å². The van der Waals surface area contributed by atoms with Gasteiger partial charge in [0.05, 0.1) is 25.7 Å². The Morgan fingerprint density at radius 1 is 1.12 bits per heavy atom. The maximum Gasteiger partial charge on any atom is 0.309 e. The molecule has 1 amide bonds. The maximum absolute atomic E-state index is 12.7. The Kier molecular flexibility index (Phi) is 10.4. The zero-order valence-corrected chi connectivity index (χ0v) is 19.2. The molecule has 1 aromatic carbocycles. The molecule has 0 aromatic heterocycles. The molecule has 2 rings (SSSR count). The van der Waals surface area contributed by atoms with Gasteiger partial charge in [-0.3, -0.25) is 9.59 Å². The van der Waals surface area contributed by atoms with Gasteiger partial charge in [0.2, 0.25) is 0 Å². The fraction of sp³-hybridized carbons (Fsp3) is 0.542. The molecule has 8 heteroatoms. The minimum Gasteiger partial charge on any atom is -0.490 e. The van der Waals surface area contributed by atoms with Crippen LogP contribution >= 0.6 is 0 Å². The van der Waals surface area contributed by atoms with Crippen molar-refractivity contribution in [3.05, 3.63) is 35.5 Å². The number of carbonyl (C=O) groups is 2. The first-order valence-corrected chi connectivity index (χ1v) is 11.2. The summed E-state index contributed by atoms with van der Waals surface area (Å²) in [6, 6.07) is 7.79. The Hall–Kier alpha value is -3.21. The summed E-state index contributed by atoms with van der Waals surface area (Å²) in [6.07, 6.45) is 3.27. The number of hydrogen-bond donors (Lipinski definition) is 1. The molecule has 32 heavy (non-hydrogen) atoms. The van der Waals surface area contributed by atoms with E-state index in [4.69, 9.17) is 14.2 Å². The zero-order valence-electron chi connectivity index (χ0n) is 19.2. The highest BCUT2D eigenvalue weighted by atomic mass is 16.5. The third-order valence-corrected chi connectivity index (χ3v) is 5.17. The van der Waals surface area contributed by atoms with Crippen LogP contribution in [-0.4, -0.2) is 56.2 Å². The second-order valence-corrected chi connectivity index (χ2v) is 7.34. The maximum atomic E-state index is 12.7. The summed E-state index contributed by atoms with van der Waals surface area (Å²) in [7, 11) is 0. The van der Waals surface area contributed by atoms with E-state index in [0.29, 0.717) is 64.5 Å². The smallest absolute Gasteiger partial charge is 0.309 e. The molecule has 1 aliphatic rings. The predicted octanol–water partition coefficient (Wildman–Crippen LogP) is 2.83. The molecular formula is C24H33N3O5. The molecule has 0 unspecified atom stereocenters. The normalized spacial score (nSPS) is 14.4. The second kappa shape index (κ2) is 13.3. The number of likely N-dealkylation sites (tertiary alicyclic amines) is 1. The van der Waals surface area contributed by atoms with Crippen molar-refractivity contribution < 1.29 is 23.8 Å². The molecule has 0 atom stereocenters. The number of carbonyl (C=O) groups excluding carboxylic acids is 2. The lowest BCUT2D eigenvalue weighted by molar-refractivity contribution is -0.150. The predicted molar refractivity (Wildman–Crippen MR) is 120 cm³/mol. The highest BCUT2D eigenvalue weighted by Gasteiger charge is 2.29. The van der Waals surface area contributed by atoms with Crippen LogP contribution in [0.3, 0.4) is 0 Å². The molecule has 1 aliphatic heterocycles. The Morgan fingerprint density at radius 3 is 2.44 bits per heavy atom. The van der Waals surface area contributed by atoms with Crippen molar-refractivity contribution in [3.8, 4) is 17.6 Å². The van der Waals surface area contributed by atoms with Crippen LogP contribution in [0, 0.1) is 17.2 Å². The Labute approximate surface area is 190 Å². The van der Waals surface area contributed by atoms with Gasteiger partial charge in [-0.2, -0.15) is 5.26 Å². The van der Waals surface area contributed by atoms with Crippen LogP contribution in [0.25, 0.3) is 0 Å². The van der Waals surface area contributed by atoms with Crippen LogP contribution < -0.4 is 14.8 Å². The van der Waals surface area contributed by atoms with E-state index in [2.05, 4.69) is 5.32 Å². The standard InChI is InChI=1S/C24H33N3O5/c1-4-30-21-8-7-18(15-22(21)31-5-2)9-12-26-17-20(16-25)23(28)27-13-10-19(11-14-27)24(29)32-6-3/h7-8,15,17,19,26H,4-6,9-14H2,1-3H3/b20-17-.